The van der Waals surface area contributed by atoms with Crippen LogP contribution in [0.4, 0.5) is 0 Å². The smallest absolute Gasteiger partial charge is 0.338 e. The average molecular weight is 801 g/mol. The average Bonchev–Trinajstić information content (AvgIpc) is 3.81. The van der Waals surface area contributed by atoms with Crippen LogP contribution in [0.25, 0.3) is 0 Å². The van der Waals surface area contributed by atoms with E-state index in [1.807, 2.05) is 51.1 Å². The Labute approximate surface area is 341 Å². The van der Waals surface area contributed by atoms with E-state index in [4.69, 9.17) is 23.7 Å². The first-order valence-corrected chi connectivity index (χ1v) is 21.2. The number of rotatable bonds is 10. The van der Waals surface area contributed by atoms with Gasteiger partial charge in [-0.2, -0.15) is 0 Å². The number of aliphatic hydroxyl groups excluding tert-OH is 1. The summed E-state index contributed by atoms with van der Waals surface area (Å²) < 4.78 is 33.2. The topological polar surface area (TPSA) is 135 Å². The molecule has 5 aliphatic heterocycles. The lowest BCUT2D eigenvalue weighted by Gasteiger charge is -2.55. The van der Waals surface area contributed by atoms with Crippen molar-refractivity contribution in [3.63, 3.8) is 0 Å². The molecule has 9 rings (SSSR count). The molecule has 0 aromatic heterocycles. The summed E-state index contributed by atoms with van der Waals surface area (Å²) in [4.78, 5) is 53.0. The lowest BCUT2D eigenvalue weighted by molar-refractivity contribution is -1.08. The molecule has 0 amide bonds. The van der Waals surface area contributed by atoms with Gasteiger partial charge in [0.2, 0.25) is 0 Å². The van der Waals surface area contributed by atoms with Gasteiger partial charge in [0, 0.05) is 54.8 Å². The largest absolute Gasteiger partial charge is 0.456 e. The summed E-state index contributed by atoms with van der Waals surface area (Å²) in [6.07, 6.45) is 7.72. The second-order valence-electron chi connectivity index (χ2n) is 18.4. The number of nitrogens with zero attached hydrogens (tertiary/aromatic N) is 2. The number of esters is 3. The number of aliphatic hydroxyl groups is 1. The highest BCUT2D eigenvalue weighted by Crippen LogP contribution is 2.61. The number of hydrogen-bond acceptors (Lipinski definition) is 10. The third-order valence-corrected chi connectivity index (χ3v) is 14.8. The number of cyclic esters (lactones) is 1. The summed E-state index contributed by atoms with van der Waals surface area (Å²) in [6.45, 7) is 16.7. The highest BCUT2D eigenvalue weighted by molar-refractivity contribution is 5.90. The van der Waals surface area contributed by atoms with Gasteiger partial charge in [-0.1, -0.05) is 62.4 Å². The second-order valence-corrected chi connectivity index (χ2v) is 18.4. The van der Waals surface area contributed by atoms with Crippen LogP contribution < -0.4 is 0 Å². The molecule has 12 heteroatoms. The summed E-state index contributed by atoms with van der Waals surface area (Å²) >= 11 is 0. The van der Waals surface area contributed by atoms with Gasteiger partial charge in [-0.05, 0) is 44.4 Å². The highest BCUT2D eigenvalue weighted by Gasteiger charge is 2.69. The van der Waals surface area contributed by atoms with Gasteiger partial charge >= 0.3 is 17.9 Å². The number of quaternary nitrogens is 2. The molecule has 12 atom stereocenters. The van der Waals surface area contributed by atoms with Crippen LogP contribution in [-0.2, 0) is 44.6 Å². The van der Waals surface area contributed by atoms with E-state index in [2.05, 4.69) is 18.2 Å². The number of Topliss-reactive ketones (excluding diaryl/α,β-unsaturated/α-hetero) is 1. The Morgan fingerprint density at radius 2 is 1.76 bits per heavy atom. The van der Waals surface area contributed by atoms with E-state index in [0.29, 0.717) is 24.1 Å². The molecular weight excluding hydrogens is 741 g/mol. The number of allylic oxidation sites excluding steroid dienone is 3. The zero-order chi connectivity index (χ0) is 41.1. The van der Waals surface area contributed by atoms with Gasteiger partial charge in [-0.25, -0.2) is 14.4 Å². The van der Waals surface area contributed by atoms with Gasteiger partial charge < -0.3 is 37.8 Å². The summed E-state index contributed by atoms with van der Waals surface area (Å²) in [5.74, 6) is -2.96. The molecule has 3 aliphatic carbocycles. The molecule has 5 fully saturated rings. The van der Waals surface area contributed by atoms with Gasteiger partial charge in [0.15, 0.2) is 11.9 Å². The Bertz CT molecular complexity index is 1930. The molecule has 12 nitrogen and oxygen atoms in total. The number of fused-ring (bicyclic) bond motifs is 3. The van der Waals surface area contributed by atoms with Crippen LogP contribution in [0, 0.1) is 29.6 Å². The van der Waals surface area contributed by atoms with Crippen molar-refractivity contribution < 1.29 is 56.9 Å². The molecule has 1 unspecified atom stereocenters. The van der Waals surface area contributed by atoms with Crippen LogP contribution in [0.2, 0.25) is 0 Å². The fourth-order valence-corrected chi connectivity index (χ4v) is 11.7. The van der Waals surface area contributed by atoms with E-state index >= 15 is 0 Å². The quantitative estimate of drug-likeness (QED) is 0.159. The number of ketones is 1. The molecule has 58 heavy (non-hydrogen) atoms. The van der Waals surface area contributed by atoms with Gasteiger partial charge in [-0.3, -0.25) is 4.79 Å². The molecule has 1 N–H and O–H groups in total. The van der Waals surface area contributed by atoms with Crippen LogP contribution in [0.1, 0.15) is 63.4 Å². The van der Waals surface area contributed by atoms with Gasteiger partial charge in [-0.15, -0.1) is 0 Å². The fraction of sp³-hybridized carbons (Fsp3) is 0.609. The minimum atomic E-state index is -1.01. The molecular formula is C46H60N2O10+2. The number of methoxy groups -OCH3 is 1. The van der Waals surface area contributed by atoms with Crippen molar-refractivity contribution in [1.29, 1.82) is 0 Å². The molecule has 1 aromatic rings. The van der Waals surface area contributed by atoms with Gasteiger partial charge in [0.1, 0.15) is 82.4 Å². The van der Waals surface area contributed by atoms with Crippen molar-refractivity contribution >= 4 is 23.7 Å². The van der Waals surface area contributed by atoms with Crippen molar-refractivity contribution in [1.82, 2.24) is 0 Å². The number of hydrogen-bond donors (Lipinski definition) is 1. The minimum Gasteiger partial charge on any atom is -0.456 e. The maximum absolute atomic E-state index is 13.9. The van der Waals surface area contributed by atoms with Crippen molar-refractivity contribution in [3.8, 4) is 0 Å². The third kappa shape index (κ3) is 7.12. The molecule has 6 bridgehead atoms. The predicted octanol–water partition coefficient (Wildman–Crippen LogP) is 4.26. The number of ether oxygens (including phenoxy) is 5. The van der Waals surface area contributed by atoms with E-state index in [1.165, 1.54) is 7.11 Å². The van der Waals surface area contributed by atoms with E-state index in [0.717, 1.165) is 65.9 Å². The Morgan fingerprint density at radius 1 is 1.03 bits per heavy atom. The van der Waals surface area contributed by atoms with Crippen LogP contribution >= 0.6 is 0 Å². The monoisotopic (exact) mass is 800 g/mol. The van der Waals surface area contributed by atoms with Crippen molar-refractivity contribution in [2.24, 2.45) is 29.6 Å². The molecule has 4 saturated heterocycles. The number of carbonyl (C=O) groups is 4. The molecule has 8 aliphatic rings. The fourth-order valence-electron chi connectivity index (χ4n) is 11.7. The highest BCUT2D eigenvalue weighted by atomic mass is 16.6. The second kappa shape index (κ2) is 15.6. The number of carbonyl (C=O) groups excluding carboxylic acids is 4. The Morgan fingerprint density at radius 3 is 2.43 bits per heavy atom. The van der Waals surface area contributed by atoms with E-state index < -0.39 is 72.0 Å². The maximum atomic E-state index is 13.9. The molecule has 1 spiro atoms. The van der Waals surface area contributed by atoms with Crippen LogP contribution in [0.5, 0.6) is 0 Å². The number of piperazine rings is 3. The molecule has 312 valence electrons. The lowest BCUT2D eigenvalue weighted by atomic mass is 9.57. The molecule has 1 aromatic carbocycles. The Balaban J connectivity index is 1.01. The maximum Gasteiger partial charge on any atom is 0.338 e. The molecule has 5 heterocycles. The van der Waals surface area contributed by atoms with Gasteiger partial charge in [0.25, 0.3) is 0 Å². The summed E-state index contributed by atoms with van der Waals surface area (Å²) in [7, 11) is 1.48. The third-order valence-electron chi connectivity index (χ3n) is 14.8. The normalized spacial score (nSPS) is 41.4. The van der Waals surface area contributed by atoms with E-state index in [-0.39, 0.29) is 30.0 Å². The first kappa shape index (κ1) is 40.8. The molecule has 1 saturated carbocycles. The SMILES string of the molecule is CO[C@H]1CC2C=C[C@H]3[C@H]4O[C@]2(/C(C)=C/[C@@H](C)[C@@H]([C@@H](C)OC(=O)c2cccc(C[N+]56CC[N+](CC(C)=O)(CC5)CC6)c2)OC1=O)[C@@H]3[C@H](O)[C@@H](C)[C@H]4OC(=O)C1=CC=CC1. The van der Waals surface area contributed by atoms with E-state index in [9.17, 15) is 24.3 Å². The standard InChI is InChI=1S/C46H60N2O10/c1-27-22-28(2)46-35(14-15-36-38(46)39(50)30(4)41(42(36)58-46)57-43(51)33-11-7-8-12-33)24-37(54-6)45(53)56-40(27)31(5)55-44(52)34-13-9-10-32(23-34)26-48-19-16-47(17-20-48,18-21-48)25-29(3)49/h7-11,13-15,22-23,27,30-31,35-42,50H,12,16-21,24-26H2,1-6H3/q+2/b28-22+/t27-,30-,31-,35?,36-,37+,38+,39-,40+,41-,42-,46+,47?,48?/m1/s1. The van der Waals surface area contributed by atoms with E-state index in [1.54, 1.807) is 26.0 Å². The lowest BCUT2D eigenvalue weighted by Crippen LogP contribution is -2.75. The molecule has 0 radical (unpaired) electrons. The number of benzene rings is 1. The first-order chi connectivity index (χ1) is 27.7. The zero-order valence-corrected chi connectivity index (χ0v) is 34.7. The van der Waals surface area contributed by atoms with Gasteiger partial charge in [0.05, 0.1) is 11.7 Å². The Kier molecular flexibility index (Phi) is 11.0. The van der Waals surface area contributed by atoms with Crippen molar-refractivity contribution in [2.45, 2.75) is 96.2 Å². The summed E-state index contributed by atoms with van der Waals surface area (Å²) in [6, 6.07) is 7.62. The van der Waals surface area contributed by atoms with Crippen molar-refractivity contribution in [2.75, 3.05) is 52.9 Å². The summed E-state index contributed by atoms with van der Waals surface area (Å²) in [5.41, 5.74) is 1.93. The zero-order valence-electron chi connectivity index (χ0n) is 34.7. The van der Waals surface area contributed by atoms with Crippen LogP contribution in [0.3, 0.4) is 0 Å². The Hall–Kier alpha value is -3.94. The summed E-state index contributed by atoms with van der Waals surface area (Å²) in [5, 5.41) is 12.1. The van der Waals surface area contributed by atoms with Crippen LogP contribution in [-0.4, -0.2) is 133 Å². The minimum absolute atomic E-state index is 0.217. The first-order valence-electron chi connectivity index (χ1n) is 21.2. The van der Waals surface area contributed by atoms with Crippen LogP contribution in [0.15, 0.2) is 71.9 Å². The van der Waals surface area contributed by atoms with Crippen molar-refractivity contribution in [3.05, 3.63) is 83.0 Å². The predicted molar refractivity (Wildman–Crippen MR) is 213 cm³/mol.